The molecule has 0 saturated heterocycles. The molecule has 9 nitrogen and oxygen atoms in total. The molecule has 0 spiro atoms. The van der Waals surface area contributed by atoms with E-state index >= 15 is 0 Å². The smallest absolute Gasteiger partial charge is 0.292 e. The highest BCUT2D eigenvalue weighted by Crippen LogP contribution is 2.36. The van der Waals surface area contributed by atoms with E-state index in [-0.39, 0.29) is 23.7 Å². The lowest BCUT2D eigenvalue weighted by molar-refractivity contribution is -0.383. The van der Waals surface area contributed by atoms with Crippen molar-refractivity contribution in [1.82, 2.24) is 9.78 Å². The fraction of sp³-hybridized carbons (Fsp3) is 0.105. The lowest BCUT2D eigenvalue weighted by atomic mass is 10.1. The van der Waals surface area contributed by atoms with Crippen LogP contribution in [0.15, 0.2) is 54.7 Å². The number of nitro benzene ring substituents is 1. The van der Waals surface area contributed by atoms with Crippen LogP contribution in [0.4, 0.5) is 17.2 Å². The Hall–Kier alpha value is -3.72. The molecule has 1 unspecified atom stereocenters. The molecule has 0 fully saturated rings. The number of rotatable bonds is 5. The van der Waals surface area contributed by atoms with Gasteiger partial charge in [-0.15, -0.1) is 0 Å². The van der Waals surface area contributed by atoms with Crippen LogP contribution in [0.25, 0.3) is 11.1 Å². The van der Waals surface area contributed by atoms with E-state index in [1.807, 2.05) is 6.07 Å². The molecule has 10 heteroatoms. The summed E-state index contributed by atoms with van der Waals surface area (Å²) >= 11 is 6.04. The van der Waals surface area contributed by atoms with E-state index in [0.29, 0.717) is 16.4 Å². The molecular weight excluding hydrogens is 398 g/mol. The zero-order valence-corrected chi connectivity index (χ0v) is 15.6. The zero-order valence-electron chi connectivity index (χ0n) is 14.8. The van der Waals surface area contributed by atoms with Crippen LogP contribution in [0, 0.1) is 10.1 Å². The number of fused-ring (bicyclic) bond motifs is 1. The number of nitrogens with zero attached hydrogens (tertiary/aromatic N) is 3. The lowest BCUT2D eigenvalue weighted by Crippen LogP contribution is -2.23. The number of hydrogen-bond acceptors (Lipinski definition) is 5. The molecule has 29 heavy (non-hydrogen) atoms. The van der Waals surface area contributed by atoms with Crippen LogP contribution in [-0.2, 0) is 9.59 Å². The van der Waals surface area contributed by atoms with Crippen molar-refractivity contribution in [2.45, 2.75) is 12.5 Å². The Labute approximate surface area is 169 Å². The number of carbonyl (C=O) groups excluding carboxylic acids is 2. The molecule has 0 aliphatic carbocycles. The maximum atomic E-state index is 12.4. The Kier molecular flexibility index (Phi) is 4.73. The van der Waals surface area contributed by atoms with Gasteiger partial charge in [0.1, 0.15) is 17.5 Å². The maximum Gasteiger partial charge on any atom is 0.292 e. The van der Waals surface area contributed by atoms with Crippen molar-refractivity contribution >= 4 is 40.6 Å². The van der Waals surface area contributed by atoms with E-state index in [2.05, 4.69) is 15.7 Å². The lowest BCUT2D eigenvalue weighted by Gasteiger charge is -2.10. The molecular formula is C19H14ClN5O4. The summed E-state index contributed by atoms with van der Waals surface area (Å²) < 4.78 is 1.44. The van der Waals surface area contributed by atoms with Gasteiger partial charge in [-0.2, -0.15) is 5.10 Å². The van der Waals surface area contributed by atoms with E-state index in [4.69, 9.17) is 11.6 Å². The Balaban J connectivity index is 1.55. The number of carbonyl (C=O) groups is 2. The molecule has 1 atom stereocenters. The molecule has 0 saturated carbocycles. The first-order valence-corrected chi connectivity index (χ1v) is 8.99. The number of benzene rings is 2. The number of aromatic nitrogens is 2. The van der Waals surface area contributed by atoms with Gasteiger partial charge in [-0.3, -0.25) is 19.7 Å². The van der Waals surface area contributed by atoms with Gasteiger partial charge in [-0.25, -0.2) is 4.68 Å². The van der Waals surface area contributed by atoms with Gasteiger partial charge in [0, 0.05) is 16.7 Å². The first-order chi connectivity index (χ1) is 13.9. The van der Waals surface area contributed by atoms with E-state index in [1.54, 1.807) is 30.5 Å². The number of anilines is 2. The summed E-state index contributed by atoms with van der Waals surface area (Å²) in [5, 5.41) is 21.1. The van der Waals surface area contributed by atoms with Crippen molar-refractivity contribution in [2.75, 3.05) is 10.6 Å². The standard InChI is InChI=1S/C19H14ClN5O4/c20-12-5-3-4-11(8-12)13-10-21-24-16(19(27)23-18(13)24)9-17(26)22-14-6-1-2-7-15(14)25(28)29/h1-8,10,16H,9H2,(H,22,26)(H,23,27). The fourth-order valence-electron chi connectivity index (χ4n) is 3.20. The molecule has 1 aromatic heterocycles. The van der Waals surface area contributed by atoms with Gasteiger partial charge in [0.15, 0.2) is 0 Å². The number of halogens is 1. The predicted molar refractivity (Wildman–Crippen MR) is 107 cm³/mol. The highest BCUT2D eigenvalue weighted by Gasteiger charge is 2.35. The van der Waals surface area contributed by atoms with Gasteiger partial charge < -0.3 is 10.6 Å². The van der Waals surface area contributed by atoms with Crippen LogP contribution in [0.2, 0.25) is 5.02 Å². The molecule has 4 rings (SSSR count). The Morgan fingerprint density at radius 1 is 1.28 bits per heavy atom. The summed E-state index contributed by atoms with van der Waals surface area (Å²) in [6, 6.07) is 12.1. The predicted octanol–water partition coefficient (Wildman–Crippen LogP) is 3.63. The monoisotopic (exact) mass is 411 g/mol. The SMILES string of the molecule is O=C(CC1C(=O)Nc2c(-c3cccc(Cl)c3)cnn21)Nc1ccccc1[N+](=O)[O-]. The summed E-state index contributed by atoms with van der Waals surface area (Å²) in [6.07, 6.45) is 1.37. The number of hydrogen-bond donors (Lipinski definition) is 2. The number of nitrogens with one attached hydrogen (secondary N) is 2. The first-order valence-electron chi connectivity index (χ1n) is 8.61. The first kappa shape index (κ1) is 18.6. The molecule has 1 aliphatic heterocycles. The Morgan fingerprint density at radius 3 is 2.83 bits per heavy atom. The van der Waals surface area contributed by atoms with Gasteiger partial charge in [-0.05, 0) is 23.8 Å². The number of para-hydroxylation sites is 2. The normalized spacial score (nSPS) is 14.9. The van der Waals surface area contributed by atoms with E-state index in [1.165, 1.54) is 22.9 Å². The minimum Gasteiger partial charge on any atom is -0.320 e. The number of amides is 2. The van der Waals surface area contributed by atoms with Crippen molar-refractivity contribution in [3.63, 3.8) is 0 Å². The van der Waals surface area contributed by atoms with Crippen molar-refractivity contribution in [2.24, 2.45) is 0 Å². The van der Waals surface area contributed by atoms with Crippen LogP contribution in [0.1, 0.15) is 12.5 Å². The average Bonchev–Trinajstić information content (AvgIpc) is 3.21. The molecule has 3 aromatic rings. The second-order valence-electron chi connectivity index (χ2n) is 6.39. The van der Waals surface area contributed by atoms with Crippen LogP contribution in [0.3, 0.4) is 0 Å². The molecule has 2 N–H and O–H groups in total. The van der Waals surface area contributed by atoms with E-state index in [9.17, 15) is 19.7 Å². The molecule has 2 aromatic carbocycles. The van der Waals surface area contributed by atoms with Crippen LogP contribution in [-0.4, -0.2) is 26.5 Å². The third-order valence-electron chi connectivity index (χ3n) is 4.52. The minimum absolute atomic E-state index is 0.0706. The molecule has 2 heterocycles. The van der Waals surface area contributed by atoms with Gasteiger partial charge in [0.25, 0.3) is 11.6 Å². The molecule has 0 bridgehead atoms. The highest BCUT2D eigenvalue weighted by molar-refractivity contribution is 6.30. The van der Waals surface area contributed by atoms with Crippen molar-refractivity contribution in [3.8, 4) is 11.1 Å². The quantitative estimate of drug-likeness (QED) is 0.490. The van der Waals surface area contributed by atoms with Gasteiger partial charge >= 0.3 is 0 Å². The zero-order chi connectivity index (χ0) is 20.5. The molecule has 2 amide bonds. The van der Waals surface area contributed by atoms with Crippen LogP contribution in [0.5, 0.6) is 0 Å². The van der Waals surface area contributed by atoms with Gasteiger partial charge in [-0.1, -0.05) is 35.9 Å². The van der Waals surface area contributed by atoms with E-state index in [0.717, 1.165) is 5.56 Å². The minimum atomic E-state index is -0.860. The van der Waals surface area contributed by atoms with Crippen molar-refractivity contribution in [1.29, 1.82) is 0 Å². The third-order valence-corrected chi connectivity index (χ3v) is 4.76. The molecule has 1 aliphatic rings. The Morgan fingerprint density at radius 2 is 2.07 bits per heavy atom. The summed E-state index contributed by atoms with van der Waals surface area (Å²) in [5.74, 6) is -0.443. The van der Waals surface area contributed by atoms with Crippen molar-refractivity contribution < 1.29 is 14.5 Å². The fourth-order valence-corrected chi connectivity index (χ4v) is 3.39. The second-order valence-corrected chi connectivity index (χ2v) is 6.83. The average molecular weight is 412 g/mol. The maximum absolute atomic E-state index is 12.4. The Bertz CT molecular complexity index is 1140. The topological polar surface area (TPSA) is 119 Å². The molecule has 146 valence electrons. The highest BCUT2D eigenvalue weighted by atomic mass is 35.5. The second kappa shape index (κ2) is 7.36. The summed E-state index contributed by atoms with van der Waals surface area (Å²) in [5.41, 5.74) is 1.31. The molecule has 0 radical (unpaired) electrons. The van der Waals surface area contributed by atoms with Gasteiger partial charge in [0.2, 0.25) is 5.91 Å². The number of nitro groups is 1. The van der Waals surface area contributed by atoms with Crippen molar-refractivity contribution in [3.05, 3.63) is 69.9 Å². The van der Waals surface area contributed by atoms with Crippen LogP contribution < -0.4 is 10.6 Å². The third kappa shape index (κ3) is 3.55. The summed E-state index contributed by atoms with van der Waals surface area (Å²) in [7, 11) is 0. The summed E-state index contributed by atoms with van der Waals surface area (Å²) in [4.78, 5) is 35.4. The van der Waals surface area contributed by atoms with Gasteiger partial charge in [0.05, 0.1) is 17.5 Å². The summed E-state index contributed by atoms with van der Waals surface area (Å²) in [6.45, 7) is 0. The van der Waals surface area contributed by atoms with E-state index < -0.39 is 16.9 Å². The van der Waals surface area contributed by atoms with Crippen LogP contribution >= 0.6 is 11.6 Å². The largest absolute Gasteiger partial charge is 0.320 e.